The van der Waals surface area contributed by atoms with Crippen LogP contribution in [0.4, 0.5) is 16.3 Å². The molecule has 1 aliphatic heterocycles. The molecule has 188 valence electrons. The topological polar surface area (TPSA) is 121 Å². The highest BCUT2D eigenvalue weighted by molar-refractivity contribution is 6.39. The van der Waals surface area contributed by atoms with Crippen LogP contribution in [0.15, 0.2) is 36.5 Å². The Hall–Kier alpha value is -3.46. The molecule has 2 heterocycles. The van der Waals surface area contributed by atoms with Gasteiger partial charge in [0.2, 0.25) is 0 Å². The molecule has 0 unspecified atom stereocenters. The van der Waals surface area contributed by atoms with E-state index in [2.05, 4.69) is 22.5 Å². The number of anilines is 2. The van der Waals surface area contributed by atoms with Crippen molar-refractivity contribution in [3.05, 3.63) is 53.2 Å². The van der Waals surface area contributed by atoms with Gasteiger partial charge in [-0.3, -0.25) is 14.9 Å². The highest BCUT2D eigenvalue weighted by Gasteiger charge is 2.34. The van der Waals surface area contributed by atoms with Gasteiger partial charge < -0.3 is 20.1 Å². The van der Waals surface area contributed by atoms with Gasteiger partial charge in [-0.2, -0.15) is 0 Å². The Bertz CT molecular complexity index is 1080. The van der Waals surface area contributed by atoms with Crippen LogP contribution in [0.5, 0.6) is 0 Å². The number of ether oxygens (including phenoxy) is 1. The molecular formula is C26H34N4O5. The number of benzene rings is 1. The number of nitrogens with one attached hydrogen (secondary N) is 2. The molecule has 0 spiro atoms. The zero-order valence-corrected chi connectivity index (χ0v) is 20.9. The van der Waals surface area contributed by atoms with Crippen LogP contribution in [0.25, 0.3) is 0 Å². The number of amides is 3. The summed E-state index contributed by atoms with van der Waals surface area (Å²) < 4.78 is 5.24. The Kier molecular flexibility index (Phi) is 8.11. The fourth-order valence-corrected chi connectivity index (χ4v) is 4.06. The van der Waals surface area contributed by atoms with Crippen molar-refractivity contribution in [1.82, 2.24) is 9.88 Å². The van der Waals surface area contributed by atoms with Crippen LogP contribution in [0.2, 0.25) is 0 Å². The second-order valence-electron chi connectivity index (χ2n) is 10.0. The summed E-state index contributed by atoms with van der Waals surface area (Å²) in [5.41, 5.74) is 2.04. The first kappa shape index (κ1) is 26.2. The molecule has 3 rings (SSSR count). The first-order valence-electron chi connectivity index (χ1n) is 11.7. The number of aliphatic hydroxyl groups excluding tert-OH is 1. The lowest BCUT2D eigenvalue weighted by Crippen LogP contribution is -2.46. The number of nitrogens with zero attached hydrogens (tertiary/aromatic N) is 2. The molecule has 35 heavy (non-hydrogen) atoms. The summed E-state index contributed by atoms with van der Waals surface area (Å²) in [5.74, 6) is -0.770. The number of aromatic nitrogens is 1. The molecule has 9 nitrogen and oxygen atoms in total. The van der Waals surface area contributed by atoms with Gasteiger partial charge in [-0.15, -0.1) is 0 Å². The Labute approximate surface area is 205 Å². The van der Waals surface area contributed by atoms with E-state index >= 15 is 0 Å². The summed E-state index contributed by atoms with van der Waals surface area (Å²) in [6, 6.07) is 8.88. The maximum atomic E-state index is 13.2. The zero-order valence-electron chi connectivity index (χ0n) is 20.9. The molecule has 0 aliphatic carbocycles. The van der Waals surface area contributed by atoms with E-state index in [0.29, 0.717) is 23.6 Å². The number of carbonyl (C=O) groups excluding carboxylic acids is 3. The standard InChI is InChI=1S/C26H34N4O5/c1-16-6-11-21(19-9-7-18(15-31)8-10-19)30(14-16)24(33)23(32)28-20-12-17(2)22(27-13-20)29-25(34)35-26(3,4)5/h7-10,12-13,16,21,31H,6,11,14-15H2,1-5H3,(H,28,32)(H,27,29,34)/t16-,21+/m1/s1. The lowest BCUT2D eigenvalue weighted by molar-refractivity contribution is -0.146. The second kappa shape index (κ2) is 10.9. The normalized spacial score (nSPS) is 18.1. The summed E-state index contributed by atoms with van der Waals surface area (Å²) in [7, 11) is 0. The number of likely N-dealkylation sites (tertiary alicyclic amines) is 1. The number of carbonyl (C=O) groups is 3. The van der Waals surface area contributed by atoms with Crippen molar-refractivity contribution < 1.29 is 24.2 Å². The van der Waals surface area contributed by atoms with Crippen LogP contribution in [-0.4, -0.2) is 45.0 Å². The maximum Gasteiger partial charge on any atom is 0.413 e. The smallest absolute Gasteiger partial charge is 0.413 e. The predicted octanol–water partition coefficient (Wildman–Crippen LogP) is 4.17. The van der Waals surface area contributed by atoms with Crippen LogP contribution < -0.4 is 10.6 Å². The van der Waals surface area contributed by atoms with Crippen molar-refractivity contribution in [2.75, 3.05) is 17.2 Å². The van der Waals surface area contributed by atoms with E-state index in [1.165, 1.54) is 6.20 Å². The second-order valence-corrected chi connectivity index (χ2v) is 10.0. The van der Waals surface area contributed by atoms with E-state index in [4.69, 9.17) is 4.74 Å². The van der Waals surface area contributed by atoms with Crippen LogP contribution in [0.3, 0.4) is 0 Å². The lowest BCUT2D eigenvalue weighted by Gasteiger charge is -2.38. The summed E-state index contributed by atoms with van der Waals surface area (Å²) in [4.78, 5) is 43.9. The predicted molar refractivity (Wildman–Crippen MR) is 133 cm³/mol. The van der Waals surface area contributed by atoms with Crippen molar-refractivity contribution in [3.63, 3.8) is 0 Å². The molecule has 1 aromatic heterocycles. The van der Waals surface area contributed by atoms with E-state index in [-0.39, 0.29) is 18.6 Å². The third kappa shape index (κ3) is 7.02. The monoisotopic (exact) mass is 482 g/mol. The van der Waals surface area contributed by atoms with Crippen LogP contribution >= 0.6 is 0 Å². The molecular weight excluding hydrogens is 448 g/mol. The molecule has 2 atom stereocenters. The number of aliphatic hydroxyl groups is 1. The minimum atomic E-state index is -0.745. The first-order valence-corrected chi connectivity index (χ1v) is 11.7. The van der Waals surface area contributed by atoms with Crippen molar-refractivity contribution in [2.45, 2.75) is 65.7 Å². The van der Waals surface area contributed by atoms with Gasteiger partial charge >= 0.3 is 17.9 Å². The molecule has 0 saturated carbocycles. The Balaban J connectivity index is 1.70. The highest BCUT2D eigenvalue weighted by atomic mass is 16.6. The van der Waals surface area contributed by atoms with Crippen LogP contribution in [0.1, 0.15) is 63.3 Å². The van der Waals surface area contributed by atoms with Gasteiger partial charge in [0.1, 0.15) is 11.4 Å². The SMILES string of the molecule is Cc1cc(NC(=O)C(=O)N2C[C@H](C)CC[C@H]2c2ccc(CO)cc2)cnc1NC(=O)OC(C)(C)C. The maximum absolute atomic E-state index is 13.2. The number of hydrogen-bond acceptors (Lipinski definition) is 6. The summed E-state index contributed by atoms with van der Waals surface area (Å²) >= 11 is 0. The zero-order chi connectivity index (χ0) is 25.8. The number of pyridine rings is 1. The largest absolute Gasteiger partial charge is 0.444 e. The van der Waals surface area contributed by atoms with Crippen LogP contribution in [0, 0.1) is 12.8 Å². The van der Waals surface area contributed by atoms with Crippen molar-refractivity contribution in [2.24, 2.45) is 5.92 Å². The van der Waals surface area contributed by atoms with Gasteiger partial charge in [0.15, 0.2) is 0 Å². The van der Waals surface area contributed by atoms with E-state index in [0.717, 1.165) is 24.0 Å². The van der Waals surface area contributed by atoms with E-state index < -0.39 is 23.5 Å². The van der Waals surface area contributed by atoms with Gasteiger partial charge in [-0.1, -0.05) is 31.2 Å². The van der Waals surface area contributed by atoms with Gasteiger partial charge in [-0.25, -0.2) is 9.78 Å². The summed E-state index contributed by atoms with van der Waals surface area (Å²) in [6.45, 7) is 9.52. The third-order valence-electron chi connectivity index (χ3n) is 5.78. The van der Waals surface area contributed by atoms with Gasteiger partial charge in [0.05, 0.1) is 24.5 Å². The van der Waals surface area contributed by atoms with Crippen molar-refractivity contribution >= 4 is 29.4 Å². The van der Waals surface area contributed by atoms with Gasteiger partial charge in [0, 0.05) is 6.54 Å². The van der Waals surface area contributed by atoms with E-state index in [1.54, 1.807) is 38.7 Å². The molecule has 1 saturated heterocycles. The molecule has 3 amide bonds. The summed E-state index contributed by atoms with van der Waals surface area (Å²) in [5, 5.41) is 14.5. The van der Waals surface area contributed by atoms with E-state index in [1.807, 2.05) is 24.3 Å². The number of piperidine rings is 1. The third-order valence-corrected chi connectivity index (χ3v) is 5.78. The molecule has 2 aromatic rings. The Morgan fingerprint density at radius 1 is 1.14 bits per heavy atom. The molecule has 9 heteroatoms. The quantitative estimate of drug-likeness (QED) is 0.563. The molecule has 1 aromatic carbocycles. The van der Waals surface area contributed by atoms with E-state index in [9.17, 15) is 19.5 Å². The minimum Gasteiger partial charge on any atom is -0.444 e. The molecule has 1 aliphatic rings. The summed E-state index contributed by atoms with van der Waals surface area (Å²) in [6.07, 6.45) is 2.46. The van der Waals surface area contributed by atoms with Gasteiger partial charge in [-0.05, 0) is 69.2 Å². The fraction of sp³-hybridized carbons (Fsp3) is 0.462. The van der Waals surface area contributed by atoms with Crippen LogP contribution in [-0.2, 0) is 20.9 Å². The Morgan fingerprint density at radius 2 is 1.83 bits per heavy atom. The number of rotatable bonds is 4. The van der Waals surface area contributed by atoms with Crippen molar-refractivity contribution in [1.29, 1.82) is 0 Å². The molecule has 3 N–H and O–H groups in total. The lowest BCUT2D eigenvalue weighted by atomic mass is 9.89. The van der Waals surface area contributed by atoms with Crippen molar-refractivity contribution in [3.8, 4) is 0 Å². The number of hydrogen-bond donors (Lipinski definition) is 3. The molecule has 1 fully saturated rings. The highest BCUT2D eigenvalue weighted by Crippen LogP contribution is 2.33. The first-order chi connectivity index (χ1) is 16.5. The minimum absolute atomic E-state index is 0.0490. The number of aryl methyl sites for hydroxylation is 1. The Morgan fingerprint density at radius 3 is 2.43 bits per heavy atom. The average molecular weight is 483 g/mol. The molecule has 0 bridgehead atoms. The fourth-order valence-electron chi connectivity index (χ4n) is 4.06. The average Bonchev–Trinajstić information content (AvgIpc) is 2.79. The molecule has 0 radical (unpaired) electrons. The van der Waals surface area contributed by atoms with Gasteiger partial charge in [0.25, 0.3) is 0 Å².